The zero-order valence-electron chi connectivity index (χ0n) is 13.4. The molecule has 3 rings (SSSR count). The summed E-state index contributed by atoms with van der Waals surface area (Å²) in [4.78, 5) is 9.51. The number of rotatable bonds is 5. The van der Waals surface area contributed by atoms with Crippen molar-refractivity contribution in [2.24, 2.45) is 5.73 Å². The molecular formula is C16H23Cl2FN4S. The molecule has 1 fully saturated rings. The van der Waals surface area contributed by atoms with Crippen LogP contribution in [0.5, 0.6) is 0 Å². The number of nitrogens with two attached hydrogens (primary N) is 1. The normalized spacial score (nSPS) is 15.6. The Hall–Kier alpha value is -0.760. The SMILES string of the molecule is Cl.Cl.NCCN1CCN(Cc2csc(-c3ccc(F)cc3)n2)CC1. The van der Waals surface area contributed by atoms with Gasteiger partial charge in [-0.2, -0.15) is 0 Å². The number of halogens is 3. The van der Waals surface area contributed by atoms with Crippen LogP contribution in [0.3, 0.4) is 0 Å². The molecule has 2 aromatic rings. The molecule has 2 N–H and O–H groups in total. The fraction of sp³-hybridized carbons (Fsp3) is 0.438. The highest BCUT2D eigenvalue weighted by molar-refractivity contribution is 7.13. The van der Waals surface area contributed by atoms with Crippen molar-refractivity contribution in [3.05, 3.63) is 41.2 Å². The highest BCUT2D eigenvalue weighted by Gasteiger charge is 2.17. The van der Waals surface area contributed by atoms with Crippen LogP contribution in [-0.2, 0) is 6.54 Å². The molecule has 1 aliphatic heterocycles. The van der Waals surface area contributed by atoms with Crippen LogP contribution in [0.2, 0.25) is 0 Å². The Bertz CT molecular complexity index is 600. The number of thiazole rings is 1. The Morgan fingerprint density at radius 3 is 2.29 bits per heavy atom. The van der Waals surface area contributed by atoms with Gasteiger partial charge in [-0.25, -0.2) is 9.37 Å². The van der Waals surface area contributed by atoms with Crippen LogP contribution in [0.4, 0.5) is 4.39 Å². The van der Waals surface area contributed by atoms with E-state index in [9.17, 15) is 4.39 Å². The maximum atomic E-state index is 13.0. The summed E-state index contributed by atoms with van der Waals surface area (Å²) in [5.74, 6) is -0.212. The van der Waals surface area contributed by atoms with Gasteiger partial charge in [-0.1, -0.05) is 0 Å². The van der Waals surface area contributed by atoms with Crippen LogP contribution < -0.4 is 5.73 Å². The van der Waals surface area contributed by atoms with E-state index in [-0.39, 0.29) is 30.6 Å². The van der Waals surface area contributed by atoms with Gasteiger partial charge in [-0.3, -0.25) is 9.80 Å². The van der Waals surface area contributed by atoms with Crippen molar-refractivity contribution in [3.8, 4) is 10.6 Å². The first-order valence-electron chi connectivity index (χ1n) is 7.60. The van der Waals surface area contributed by atoms with Crippen molar-refractivity contribution in [2.45, 2.75) is 6.54 Å². The van der Waals surface area contributed by atoms with Crippen LogP contribution in [0.1, 0.15) is 5.69 Å². The van der Waals surface area contributed by atoms with Gasteiger partial charge in [0.25, 0.3) is 0 Å². The van der Waals surface area contributed by atoms with Crippen molar-refractivity contribution in [2.75, 3.05) is 39.3 Å². The second-order valence-electron chi connectivity index (χ2n) is 5.56. The minimum Gasteiger partial charge on any atom is -0.329 e. The van der Waals surface area contributed by atoms with Gasteiger partial charge in [0.15, 0.2) is 0 Å². The molecule has 0 radical (unpaired) electrons. The van der Waals surface area contributed by atoms with E-state index in [1.165, 1.54) is 12.1 Å². The van der Waals surface area contributed by atoms with E-state index in [0.29, 0.717) is 0 Å². The summed E-state index contributed by atoms with van der Waals surface area (Å²) in [6.45, 7) is 6.87. The Balaban J connectivity index is 0.00000144. The molecular weight excluding hydrogens is 370 g/mol. The Morgan fingerprint density at radius 1 is 1.04 bits per heavy atom. The summed E-state index contributed by atoms with van der Waals surface area (Å²) in [5, 5.41) is 3.06. The van der Waals surface area contributed by atoms with Crippen LogP contribution in [0.15, 0.2) is 29.6 Å². The van der Waals surface area contributed by atoms with Gasteiger partial charge in [-0.15, -0.1) is 36.2 Å². The van der Waals surface area contributed by atoms with E-state index in [1.807, 2.05) is 0 Å². The van der Waals surface area contributed by atoms with E-state index < -0.39 is 0 Å². The van der Waals surface area contributed by atoms with E-state index in [1.54, 1.807) is 23.5 Å². The molecule has 1 saturated heterocycles. The lowest BCUT2D eigenvalue weighted by Crippen LogP contribution is -2.47. The van der Waals surface area contributed by atoms with Crippen LogP contribution >= 0.6 is 36.2 Å². The van der Waals surface area contributed by atoms with Gasteiger partial charge >= 0.3 is 0 Å². The van der Waals surface area contributed by atoms with Gasteiger partial charge in [0.1, 0.15) is 10.8 Å². The molecule has 0 atom stereocenters. The first-order valence-corrected chi connectivity index (χ1v) is 8.47. The second kappa shape index (κ2) is 10.3. The first-order chi connectivity index (χ1) is 10.7. The molecule has 1 aliphatic rings. The molecule has 0 bridgehead atoms. The molecule has 8 heteroatoms. The molecule has 24 heavy (non-hydrogen) atoms. The van der Waals surface area contributed by atoms with E-state index in [4.69, 9.17) is 5.73 Å². The third-order valence-corrected chi connectivity index (χ3v) is 4.88. The largest absolute Gasteiger partial charge is 0.329 e. The predicted octanol–water partition coefficient (Wildman–Crippen LogP) is 2.87. The number of nitrogens with zero attached hydrogens (tertiary/aromatic N) is 3. The Labute approximate surface area is 158 Å². The average Bonchev–Trinajstić information content (AvgIpc) is 2.99. The molecule has 0 aliphatic carbocycles. The van der Waals surface area contributed by atoms with Crippen molar-refractivity contribution < 1.29 is 4.39 Å². The smallest absolute Gasteiger partial charge is 0.123 e. The summed E-state index contributed by atoms with van der Waals surface area (Å²) in [5.41, 5.74) is 7.67. The number of hydrogen-bond acceptors (Lipinski definition) is 5. The van der Waals surface area contributed by atoms with Gasteiger partial charge < -0.3 is 5.73 Å². The maximum absolute atomic E-state index is 13.0. The molecule has 2 heterocycles. The maximum Gasteiger partial charge on any atom is 0.123 e. The van der Waals surface area contributed by atoms with Crippen molar-refractivity contribution >= 4 is 36.2 Å². The molecule has 1 aromatic carbocycles. The van der Waals surface area contributed by atoms with E-state index in [0.717, 1.165) is 62.1 Å². The van der Waals surface area contributed by atoms with Gasteiger partial charge in [0.05, 0.1) is 5.69 Å². The number of aromatic nitrogens is 1. The highest BCUT2D eigenvalue weighted by atomic mass is 35.5. The van der Waals surface area contributed by atoms with E-state index >= 15 is 0 Å². The Kier molecular flexibility index (Phi) is 9.12. The third kappa shape index (κ3) is 5.65. The predicted molar refractivity (Wildman–Crippen MR) is 103 cm³/mol. The van der Waals surface area contributed by atoms with Gasteiger partial charge in [0.2, 0.25) is 0 Å². The molecule has 134 valence electrons. The summed E-state index contributed by atoms with van der Waals surface area (Å²) in [6.07, 6.45) is 0. The molecule has 0 amide bonds. The molecule has 0 unspecified atom stereocenters. The number of benzene rings is 1. The summed E-state index contributed by atoms with van der Waals surface area (Å²) < 4.78 is 13.0. The molecule has 0 saturated carbocycles. The van der Waals surface area contributed by atoms with Crippen molar-refractivity contribution in [1.82, 2.24) is 14.8 Å². The van der Waals surface area contributed by atoms with Crippen molar-refractivity contribution in [1.29, 1.82) is 0 Å². The minimum absolute atomic E-state index is 0. The fourth-order valence-electron chi connectivity index (χ4n) is 2.69. The van der Waals surface area contributed by atoms with Crippen LogP contribution in [0, 0.1) is 5.82 Å². The Morgan fingerprint density at radius 2 is 1.67 bits per heavy atom. The molecule has 1 aromatic heterocycles. The number of hydrogen-bond donors (Lipinski definition) is 1. The summed E-state index contributed by atoms with van der Waals surface area (Å²) >= 11 is 1.62. The molecule has 4 nitrogen and oxygen atoms in total. The van der Waals surface area contributed by atoms with Gasteiger partial charge in [0, 0.05) is 56.8 Å². The molecule has 0 spiro atoms. The summed E-state index contributed by atoms with van der Waals surface area (Å²) in [6, 6.07) is 6.52. The fourth-order valence-corrected chi connectivity index (χ4v) is 3.50. The van der Waals surface area contributed by atoms with Crippen LogP contribution in [0.25, 0.3) is 10.6 Å². The monoisotopic (exact) mass is 392 g/mol. The lowest BCUT2D eigenvalue weighted by Gasteiger charge is -2.34. The lowest BCUT2D eigenvalue weighted by atomic mass is 10.2. The van der Waals surface area contributed by atoms with Gasteiger partial charge in [-0.05, 0) is 24.3 Å². The van der Waals surface area contributed by atoms with Crippen LogP contribution in [-0.4, -0.2) is 54.1 Å². The minimum atomic E-state index is -0.212. The zero-order chi connectivity index (χ0) is 15.4. The van der Waals surface area contributed by atoms with E-state index in [2.05, 4.69) is 20.2 Å². The standard InChI is InChI=1S/C16H21FN4S.2ClH/c17-14-3-1-13(2-4-14)16-19-15(12-22-16)11-21-9-7-20(6-5-18)8-10-21;;/h1-4,12H,5-11,18H2;2*1H. The third-order valence-electron chi connectivity index (χ3n) is 3.94. The second-order valence-corrected chi connectivity index (χ2v) is 6.42. The highest BCUT2D eigenvalue weighted by Crippen LogP contribution is 2.24. The number of piperazine rings is 1. The quantitative estimate of drug-likeness (QED) is 0.849. The topological polar surface area (TPSA) is 45.4 Å². The lowest BCUT2D eigenvalue weighted by molar-refractivity contribution is 0.129. The average molecular weight is 393 g/mol. The summed E-state index contributed by atoms with van der Waals surface area (Å²) in [7, 11) is 0. The zero-order valence-corrected chi connectivity index (χ0v) is 15.8. The first kappa shape index (κ1) is 21.3. The van der Waals surface area contributed by atoms with Crippen molar-refractivity contribution in [3.63, 3.8) is 0 Å².